The Morgan fingerprint density at radius 1 is 1.13 bits per heavy atom. The lowest BCUT2D eigenvalue weighted by Crippen LogP contribution is -2.50. The minimum absolute atomic E-state index is 0.216. The molecule has 1 aromatic heterocycles. The van der Waals surface area contributed by atoms with Gasteiger partial charge in [0.25, 0.3) is 5.91 Å². The van der Waals surface area contributed by atoms with E-state index < -0.39 is 5.60 Å². The molecule has 1 aliphatic heterocycles. The predicted octanol–water partition coefficient (Wildman–Crippen LogP) is 0.893. The second-order valence-electron chi connectivity index (χ2n) is 6.31. The Labute approximate surface area is 135 Å². The summed E-state index contributed by atoms with van der Waals surface area (Å²) >= 11 is 0. The molecule has 0 spiro atoms. The van der Waals surface area contributed by atoms with Gasteiger partial charge < -0.3 is 19.9 Å². The zero-order chi connectivity index (χ0) is 17.0. The Hall–Kier alpha value is -2.38. The quantitative estimate of drug-likeness (QED) is 0.870. The molecule has 1 fully saturated rings. The number of amides is 2. The number of nitrogens with zero attached hydrogens (tertiary/aromatic N) is 4. The van der Waals surface area contributed by atoms with Crippen LogP contribution in [0.15, 0.2) is 12.4 Å². The molecule has 0 atom stereocenters. The Bertz CT molecular complexity index is 559. The van der Waals surface area contributed by atoms with Crippen LogP contribution in [-0.4, -0.2) is 65.7 Å². The molecule has 2 amide bonds. The van der Waals surface area contributed by atoms with Gasteiger partial charge in [0.15, 0.2) is 0 Å². The molecule has 1 aliphatic rings. The third-order valence-corrected chi connectivity index (χ3v) is 3.34. The number of hydrogen-bond donors (Lipinski definition) is 1. The average Bonchev–Trinajstić information content (AvgIpc) is 2.53. The maximum absolute atomic E-state index is 12.0. The van der Waals surface area contributed by atoms with Gasteiger partial charge in [0.05, 0.1) is 5.56 Å². The molecule has 0 unspecified atom stereocenters. The summed E-state index contributed by atoms with van der Waals surface area (Å²) in [4.78, 5) is 35.6. The average molecular weight is 321 g/mol. The highest BCUT2D eigenvalue weighted by atomic mass is 16.6. The van der Waals surface area contributed by atoms with Crippen LogP contribution in [0.25, 0.3) is 0 Å². The first kappa shape index (κ1) is 17.0. The van der Waals surface area contributed by atoms with Crippen molar-refractivity contribution in [2.75, 3.05) is 38.1 Å². The van der Waals surface area contributed by atoms with Crippen molar-refractivity contribution in [3.8, 4) is 0 Å². The predicted molar refractivity (Wildman–Crippen MR) is 85.4 cm³/mol. The first-order chi connectivity index (χ1) is 10.8. The highest BCUT2D eigenvalue weighted by molar-refractivity contribution is 5.93. The van der Waals surface area contributed by atoms with Gasteiger partial charge in [0, 0.05) is 45.6 Å². The first-order valence-electron chi connectivity index (χ1n) is 7.57. The zero-order valence-electron chi connectivity index (χ0n) is 14.0. The summed E-state index contributed by atoms with van der Waals surface area (Å²) < 4.78 is 5.37. The lowest BCUT2D eigenvalue weighted by Gasteiger charge is -2.35. The van der Waals surface area contributed by atoms with Gasteiger partial charge in [-0.2, -0.15) is 0 Å². The van der Waals surface area contributed by atoms with E-state index >= 15 is 0 Å². The fourth-order valence-electron chi connectivity index (χ4n) is 2.16. The summed E-state index contributed by atoms with van der Waals surface area (Å²) in [6.45, 7) is 7.90. The first-order valence-corrected chi connectivity index (χ1v) is 7.57. The van der Waals surface area contributed by atoms with E-state index in [0.29, 0.717) is 37.7 Å². The maximum Gasteiger partial charge on any atom is 0.410 e. The SMILES string of the molecule is CNC(=O)c1cnc(N2CCN(C(=O)OC(C)(C)C)CC2)nc1. The Balaban J connectivity index is 1.91. The Kier molecular flexibility index (Phi) is 5.02. The lowest BCUT2D eigenvalue weighted by molar-refractivity contribution is 0.0240. The monoisotopic (exact) mass is 321 g/mol. The molecule has 8 nitrogen and oxygen atoms in total. The van der Waals surface area contributed by atoms with Crippen molar-refractivity contribution in [2.24, 2.45) is 0 Å². The van der Waals surface area contributed by atoms with Crippen LogP contribution in [0.2, 0.25) is 0 Å². The fraction of sp³-hybridized carbons (Fsp3) is 0.600. The topological polar surface area (TPSA) is 87.7 Å². The Morgan fingerprint density at radius 2 is 1.70 bits per heavy atom. The summed E-state index contributed by atoms with van der Waals surface area (Å²) in [6, 6.07) is 0. The highest BCUT2D eigenvalue weighted by Crippen LogP contribution is 2.14. The van der Waals surface area contributed by atoms with Crippen molar-refractivity contribution in [1.29, 1.82) is 0 Å². The van der Waals surface area contributed by atoms with Crippen LogP contribution in [0.5, 0.6) is 0 Å². The van der Waals surface area contributed by atoms with E-state index in [2.05, 4.69) is 15.3 Å². The second kappa shape index (κ2) is 6.80. The number of anilines is 1. The van der Waals surface area contributed by atoms with E-state index in [-0.39, 0.29) is 12.0 Å². The summed E-state index contributed by atoms with van der Waals surface area (Å²) in [5.74, 6) is 0.341. The van der Waals surface area contributed by atoms with Crippen molar-refractivity contribution in [1.82, 2.24) is 20.2 Å². The molecule has 1 saturated heterocycles. The number of ether oxygens (including phenoxy) is 1. The van der Waals surface area contributed by atoms with Gasteiger partial charge in [-0.05, 0) is 20.8 Å². The third kappa shape index (κ3) is 4.54. The fourth-order valence-corrected chi connectivity index (χ4v) is 2.16. The molecule has 126 valence electrons. The van der Waals surface area contributed by atoms with Crippen LogP contribution in [0.4, 0.5) is 10.7 Å². The highest BCUT2D eigenvalue weighted by Gasteiger charge is 2.26. The molecule has 0 bridgehead atoms. The third-order valence-electron chi connectivity index (χ3n) is 3.34. The van der Waals surface area contributed by atoms with Crippen molar-refractivity contribution in [3.63, 3.8) is 0 Å². The van der Waals surface area contributed by atoms with E-state index in [1.165, 1.54) is 12.4 Å². The van der Waals surface area contributed by atoms with E-state index in [1.54, 1.807) is 11.9 Å². The number of aromatic nitrogens is 2. The number of nitrogens with one attached hydrogen (secondary N) is 1. The molecule has 2 rings (SSSR count). The van der Waals surface area contributed by atoms with E-state index in [1.807, 2.05) is 25.7 Å². The molecular weight excluding hydrogens is 298 g/mol. The Morgan fingerprint density at radius 3 is 2.17 bits per heavy atom. The summed E-state index contributed by atoms with van der Waals surface area (Å²) in [6.07, 6.45) is 2.70. The van der Waals surface area contributed by atoms with Gasteiger partial charge in [-0.3, -0.25) is 4.79 Å². The van der Waals surface area contributed by atoms with Crippen LogP contribution in [-0.2, 0) is 4.74 Å². The standard InChI is InChI=1S/C15H23N5O3/c1-15(2,3)23-14(22)20-7-5-19(6-8-20)13-17-9-11(10-18-13)12(21)16-4/h9-10H,5-8H2,1-4H3,(H,16,21). The van der Waals surface area contributed by atoms with Gasteiger partial charge >= 0.3 is 6.09 Å². The number of rotatable bonds is 2. The zero-order valence-corrected chi connectivity index (χ0v) is 14.0. The van der Waals surface area contributed by atoms with Crippen molar-refractivity contribution in [2.45, 2.75) is 26.4 Å². The molecule has 0 aliphatic carbocycles. The van der Waals surface area contributed by atoms with E-state index in [4.69, 9.17) is 4.74 Å². The van der Waals surface area contributed by atoms with Gasteiger partial charge in [0.1, 0.15) is 5.60 Å². The van der Waals surface area contributed by atoms with E-state index in [0.717, 1.165) is 0 Å². The van der Waals surface area contributed by atoms with Crippen LogP contribution in [0, 0.1) is 0 Å². The molecule has 8 heteroatoms. The number of hydrogen-bond acceptors (Lipinski definition) is 6. The van der Waals surface area contributed by atoms with Crippen molar-refractivity contribution in [3.05, 3.63) is 18.0 Å². The largest absolute Gasteiger partial charge is 0.444 e. The minimum Gasteiger partial charge on any atom is -0.444 e. The van der Waals surface area contributed by atoms with Crippen LogP contribution in [0.3, 0.4) is 0 Å². The summed E-state index contributed by atoms with van der Waals surface area (Å²) in [7, 11) is 1.56. The molecule has 0 saturated carbocycles. The van der Waals surface area contributed by atoms with Gasteiger partial charge in [-0.1, -0.05) is 0 Å². The molecule has 0 aromatic carbocycles. The van der Waals surface area contributed by atoms with Crippen LogP contribution in [0.1, 0.15) is 31.1 Å². The van der Waals surface area contributed by atoms with Gasteiger partial charge in [0.2, 0.25) is 5.95 Å². The smallest absolute Gasteiger partial charge is 0.410 e. The molecule has 1 N–H and O–H groups in total. The van der Waals surface area contributed by atoms with Crippen molar-refractivity contribution >= 4 is 17.9 Å². The molecule has 0 radical (unpaired) electrons. The minimum atomic E-state index is -0.493. The molecule has 23 heavy (non-hydrogen) atoms. The summed E-state index contributed by atoms with van der Waals surface area (Å²) in [5.41, 5.74) is -0.0730. The lowest BCUT2D eigenvalue weighted by atomic mass is 10.2. The van der Waals surface area contributed by atoms with Gasteiger partial charge in [-0.15, -0.1) is 0 Å². The van der Waals surface area contributed by atoms with Crippen LogP contribution >= 0.6 is 0 Å². The number of piperazine rings is 1. The van der Waals surface area contributed by atoms with Gasteiger partial charge in [-0.25, -0.2) is 14.8 Å². The maximum atomic E-state index is 12.0. The van der Waals surface area contributed by atoms with E-state index in [9.17, 15) is 9.59 Å². The number of carbonyl (C=O) groups is 2. The normalized spacial score (nSPS) is 15.3. The second-order valence-corrected chi connectivity index (χ2v) is 6.31. The summed E-state index contributed by atoms with van der Waals surface area (Å²) in [5, 5.41) is 2.53. The molecule has 1 aromatic rings. The van der Waals surface area contributed by atoms with Crippen molar-refractivity contribution < 1.29 is 14.3 Å². The molecule has 2 heterocycles. The molecular formula is C15H23N5O3. The van der Waals surface area contributed by atoms with Crippen LogP contribution < -0.4 is 10.2 Å². The number of carbonyl (C=O) groups excluding carboxylic acids is 2.